The van der Waals surface area contributed by atoms with Gasteiger partial charge in [-0.25, -0.2) is 15.0 Å². The second-order valence-corrected chi connectivity index (χ2v) is 2.87. The smallest absolute Gasteiger partial charge is 0.162 e. The molecule has 1 aromatic carbocycles. The van der Waals surface area contributed by atoms with Gasteiger partial charge in [0.2, 0.25) is 0 Å². The molecule has 1 heterocycles. The highest BCUT2D eigenvalue weighted by atomic mass is 15.0. The molecule has 0 amide bonds. The van der Waals surface area contributed by atoms with Crippen molar-refractivity contribution >= 4 is 0 Å². The molecule has 0 saturated heterocycles. The molecular formula is C10H10N4. The van der Waals surface area contributed by atoms with Crippen LogP contribution in [0.25, 0.3) is 11.4 Å². The second-order valence-electron chi connectivity index (χ2n) is 2.87. The van der Waals surface area contributed by atoms with Gasteiger partial charge in [-0.1, -0.05) is 18.2 Å². The van der Waals surface area contributed by atoms with Crippen LogP contribution >= 0.6 is 0 Å². The van der Waals surface area contributed by atoms with Crippen LogP contribution in [0.1, 0.15) is 5.56 Å². The average molecular weight is 186 g/mol. The molecule has 0 aliphatic heterocycles. The molecule has 70 valence electrons. The van der Waals surface area contributed by atoms with Crippen LogP contribution < -0.4 is 5.73 Å². The van der Waals surface area contributed by atoms with Crippen molar-refractivity contribution in [3.05, 3.63) is 42.5 Å². The van der Waals surface area contributed by atoms with E-state index in [0.717, 1.165) is 11.1 Å². The van der Waals surface area contributed by atoms with Crippen molar-refractivity contribution in [2.45, 2.75) is 6.54 Å². The first-order valence-corrected chi connectivity index (χ1v) is 4.31. The van der Waals surface area contributed by atoms with Gasteiger partial charge in [-0.05, 0) is 11.6 Å². The number of hydrogen-bond acceptors (Lipinski definition) is 4. The van der Waals surface area contributed by atoms with Gasteiger partial charge >= 0.3 is 0 Å². The molecule has 0 aliphatic carbocycles. The van der Waals surface area contributed by atoms with Gasteiger partial charge in [0.05, 0.1) is 0 Å². The molecule has 2 rings (SSSR count). The molecule has 0 saturated carbocycles. The summed E-state index contributed by atoms with van der Waals surface area (Å²) in [6.07, 6.45) is 2.97. The third-order valence-corrected chi connectivity index (χ3v) is 1.91. The lowest BCUT2D eigenvalue weighted by Crippen LogP contribution is -1.96. The van der Waals surface area contributed by atoms with Crippen LogP contribution in [0.3, 0.4) is 0 Å². The molecule has 0 unspecified atom stereocenters. The Morgan fingerprint density at radius 2 is 1.93 bits per heavy atom. The Morgan fingerprint density at radius 1 is 1.14 bits per heavy atom. The van der Waals surface area contributed by atoms with Crippen LogP contribution in [0.4, 0.5) is 0 Å². The van der Waals surface area contributed by atoms with E-state index in [4.69, 9.17) is 5.73 Å². The number of nitrogens with zero attached hydrogens (tertiary/aromatic N) is 3. The standard InChI is InChI=1S/C10H10N4/c11-5-8-2-1-3-9(4-8)10-13-6-12-7-14-10/h1-4,6-7H,5,11H2. The number of hydrogen-bond donors (Lipinski definition) is 1. The van der Waals surface area contributed by atoms with Crippen molar-refractivity contribution < 1.29 is 0 Å². The van der Waals surface area contributed by atoms with Crippen LogP contribution in [-0.4, -0.2) is 15.0 Å². The van der Waals surface area contributed by atoms with E-state index in [1.807, 2.05) is 24.3 Å². The van der Waals surface area contributed by atoms with Gasteiger partial charge < -0.3 is 5.73 Å². The molecular weight excluding hydrogens is 176 g/mol. The minimum Gasteiger partial charge on any atom is -0.326 e. The lowest BCUT2D eigenvalue weighted by Gasteiger charge is -2.00. The first-order valence-electron chi connectivity index (χ1n) is 4.31. The first kappa shape index (κ1) is 8.77. The monoisotopic (exact) mass is 186 g/mol. The minimum absolute atomic E-state index is 0.527. The van der Waals surface area contributed by atoms with E-state index in [0.29, 0.717) is 12.4 Å². The molecule has 0 radical (unpaired) electrons. The predicted molar refractivity (Wildman–Crippen MR) is 53.2 cm³/mol. The summed E-state index contributed by atoms with van der Waals surface area (Å²) in [5.41, 5.74) is 7.58. The van der Waals surface area contributed by atoms with Crippen molar-refractivity contribution in [1.29, 1.82) is 0 Å². The fourth-order valence-corrected chi connectivity index (χ4v) is 1.23. The van der Waals surface area contributed by atoms with E-state index >= 15 is 0 Å². The highest BCUT2D eigenvalue weighted by molar-refractivity contribution is 5.55. The molecule has 2 aromatic rings. The zero-order valence-corrected chi connectivity index (χ0v) is 7.59. The normalized spacial score (nSPS) is 10.1. The van der Waals surface area contributed by atoms with Gasteiger partial charge in [0.15, 0.2) is 5.82 Å². The fourth-order valence-electron chi connectivity index (χ4n) is 1.23. The number of benzene rings is 1. The maximum atomic E-state index is 5.54. The van der Waals surface area contributed by atoms with Crippen molar-refractivity contribution in [1.82, 2.24) is 15.0 Å². The predicted octanol–water partition coefficient (Wildman–Crippen LogP) is 0.997. The summed E-state index contributed by atoms with van der Waals surface area (Å²) >= 11 is 0. The summed E-state index contributed by atoms with van der Waals surface area (Å²) in [7, 11) is 0. The largest absolute Gasteiger partial charge is 0.326 e. The highest BCUT2D eigenvalue weighted by Crippen LogP contribution is 2.14. The Hall–Kier alpha value is -1.81. The van der Waals surface area contributed by atoms with Crippen LogP contribution in [0, 0.1) is 0 Å². The molecule has 0 aliphatic rings. The molecule has 2 N–H and O–H groups in total. The summed E-state index contributed by atoms with van der Waals surface area (Å²) in [6, 6.07) is 7.86. The molecule has 4 nitrogen and oxygen atoms in total. The minimum atomic E-state index is 0.527. The second kappa shape index (κ2) is 3.93. The van der Waals surface area contributed by atoms with Crippen molar-refractivity contribution in [2.24, 2.45) is 5.73 Å². The Kier molecular flexibility index (Phi) is 2.46. The summed E-state index contributed by atoms with van der Waals surface area (Å²) in [6.45, 7) is 0.527. The zero-order chi connectivity index (χ0) is 9.80. The topological polar surface area (TPSA) is 64.7 Å². The van der Waals surface area contributed by atoms with E-state index in [-0.39, 0.29) is 0 Å². The molecule has 0 spiro atoms. The van der Waals surface area contributed by atoms with Crippen LogP contribution in [0.5, 0.6) is 0 Å². The Labute approximate surface area is 81.9 Å². The van der Waals surface area contributed by atoms with E-state index in [2.05, 4.69) is 15.0 Å². The summed E-state index contributed by atoms with van der Waals surface area (Å²) in [5, 5.41) is 0. The van der Waals surface area contributed by atoms with E-state index in [1.165, 1.54) is 12.7 Å². The maximum absolute atomic E-state index is 5.54. The van der Waals surface area contributed by atoms with Gasteiger partial charge in [-0.3, -0.25) is 0 Å². The van der Waals surface area contributed by atoms with Crippen molar-refractivity contribution in [3.63, 3.8) is 0 Å². The maximum Gasteiger partial charge on any atom is 0.162 e. The molecule has 1 aromatic heterocycles. The van der Waals surface area contributed by atoms with Crippen molar-refractivity contribution in [2.75, 3.05) is 0 Å². The van der Waals surface area contributed by atoms with Gasteiger partial charge in [0, 0.05) is 12.1 Å². The molecule has 0 atom stereocenters. The van der Waals surface area contributed by atoms with Gasteiger partial charge in [0.1, 0.15) is 12.7 Å². The number of nitrogens with two attached hydrogens (primary N) is 1. The number of aromatic nitrogens is 3. The quantitative estimate of drug-likeness (QED) is 0.759. The van der Waals surface area contributed by atoms with Crippen LogP contribution in [0.15, 0.2) is 36.9 Å². The molecule has 0 bridgehead atoms. The average Bonchev–Trinajstić information content (AvgIpc) is 2.30. The Bertz CT molecular complexity index is 413. The van der Waals surface area contributed by atoms with Crippen molar-refractivity contribution in [3.8, 4) is 11.4 Å². The SMILES string of the molecule is NCc1cccc(-c2ncncn2)c1. The molecule has 4 heteroatoms. The third-order valence-electron chi connectivity index (χ3n) is 1.91. The van der Waals surface area contributed by atoms with E-state index in [9.17, 15) is 0 Å². The lowest BCUT2D eigenvalue weighted by atomic mass is 10.1. The van der Waals surface area contributed by atoms with E-state index in [1.54, 1.807) is 0 Å². The van der Waals surface area contributed by atoms with E-state index < -0.39 is 0 Å². The lowest BCUT2D eigenvalue weighted by molar-refractivity contribution is 1.04. The number of rotatable bonds is 2. The Balaban J connectivity index is 2.42. The Morgan fingerprint density at radius 3 is 2.64 bits per heavy atom. The zero-order valence-electron chi connectivity index (χ0n) is 7.59. The first-order chi connectivity index (χ1) is 6.90. The van der Waals surface area contributed by atoms with Gasteiger partial charge in [-0.15, -0.1) is 0 Å². The van der Waals surface area contributed by atoms with Crippen LogP contribution in [0.2, 0.25) is 0 Å². The van der Waals surface area contributed by atoms with Gasteiger partial charge in [-0.2, -0.15) is 0 Å². The summed E-state index contributed by atoms with van der Waals surface area (Å²) in [4.78, 5) is 11.9. The fraction of sp³-hybridized carbons (Fsp3) is 0.100. The van der Waals surface area contributed by atoms with Crippen LogP contribution in [-0.2, 0) is 6.54 Å². The molecule has 14 heavy (non-hydrogen) atoms. The molecule has 0 fully saturated rings. The summed E-state index contributed by atoms with van der Waals surface area (Å²) in [5.74, 6) is 0.676. The van der Waals surface area contributed by atoms with Gasteiger partial charge in [0.25, 0.3) is 0 Å². The summed E-state index contributed by atoms with van der Waals surface area (Å²) < 4.78 is 0. The third kappa shape index (κ3) is 1.75. The highest BCUT2D eigenvalue weighted by Gasteiger charge is 1.99.